The lowest BCUT2D eigenvalue weighted by atomic mass is 9.96. The summed E-state index contributed by atoms with van der Waals surface area (Å²) in [4.78, 5) is 64.2. The maximum Gasteiger partial charge on any atom is 0.326 e. The van der Waals surface area contributed by atoms with Gasteiger partial charge < -0.3 is 42.9 Å². The first-order valence-corrected chi connectivity index (χ1v) is 14.9. The zero-order valence-corrected chi connectivity index (χ0v) is 25.9. The topological polar surface area (TPSA) is 226 Å². The monoisotopic (exact) mass is 606 g/mol. The molecule has 0 unspecified atom stereocenters. The standard InChI is InChI=1S/C30H50N6O7/c1-6-18(4)25(29(41)35-24(30(42)43)15-17(2)3)36-28(40)23(16-20-10-12-21(37)13-11-20)34-26(38)19(5)33-27(39)22(32)9-7-8-14-31/h10-13,17-19,22-25,37H,6-9,14-16,31-32H2,1-5H3,(H,33,39)(H,34,38)(H,35,41)(H,36,40)(H,42,43)/t18-,19-,22-,23-,24-,25-/m0/s1. The van der Waals surface area contributed by atoms with Crippen LogP contribution in [-0.4, -0.2) is 76.6 Å². The van der Waals surface area contributed by atoms with Crippen molar-refractivity contribution in [2.45, 2.75) is 103 Å². The third-order valence-electron chi connectivity index (χ3n) is 7.18. The molecule has 0 saturated carbocycles. The van der Waals surface area contributed by atoms with Crippen LogP contribution in [0.25, 0.3) is 0 Å². The Hall–Kier alpha value is -3.71. The average molecular weight is 607 g/mol. The number of hydrogen-bond acceptors (Lipinski definition) is 8. The largest absolute Gasteiger partial charge is 0.508 e. The van der Waals surface area contributed by atoms with Gasteiger partial charge in [0.15, 0.2) is 0 Å². The third-order valence-corrected chi connectivity index (χ3v) is 7.18. The molecule has 1 aromatic rings. The predicted molar refractivity (Wildman–Crippen MR) is 163 cm³/mol. The molecule has 242 valence electrons. The van der Waals surface area contributed by atoms with Crippen LogP contribution in [0, 0.1) is 11.8 Å². The number of carbonyl (C=O) groups is 5. The number of amides is 4. The van der Waals surface area contributed by atoms with E-state index in [-0.39, 0.29) is 30.4 Å². The van der Waals surface area contributed by atoms with E-state index in [4.69, 9.17) is 11.5 Å². The number of aromatic hydroxyl groups is 1. The van der Waals surface area contributed by atoms with E-state index in [1.165, 1.54) is 19.1 Å². The number of nitrogens with two attached hydrogens (primary N) is 2. The molecular formula is C30H50N6O7. The second-order valence-corrected chi connectivity index (χ2v) is 11.5. The van der Waals surface area contributed by atoms with Gasteiger partial charge in [-0.15, -0.1) is 0 Å². The van der Waals surface area contributed by atoms with E-state index in [1.54, 1.807) is 19.1 Å². The minimum atomic E-state index is -1.18. The number of carboxylic acid groups (broad SMARTS) is 1. The van der Waals surface area contributed by atoms with Crippen molar-refractivity contribution in [1.29, 1.82) is 0 Å². The van der Waals surface area contributed by atoms with Crippen molar-refractivity contribution < 1.29 is 34.2 Å². The SMILES string of the molecule is CC[C@H](C)[C@H](NC(=O)[C@H](Cc1ccc(O)cc1)NC(=O)[C@H](C)NC(=O)[C@@H](N)CCCCN)C(=O)N[C@@H](CC(C)C)C(=O)O. The highest BCUT2D eigenvalue weighted by Crippen LogP contribution is 2.14. The van der Waals surface area contributed by atoms with E-state index >= 15 is 0 Å². The zero-order valence-electron chi connectivity index (χ0n) is 25.9. The number of hydrogen-bond donors (Lipinski definition) is 8. The first-order chi connectivity index (χ1) is 20.2. The minimum Gasteiger partial charge on any atom is -0.508 e. The summed E-state index contributed by atoms with van der Waals surface area (Å²) >= 11 is 0. The quantitative estimate of drug-likeness (QED) is 0.103. The molecule has 4 amide bonds. The molecule has 13 nitrogen and oxygen atoms in total. The lowest BCUT2D eigenvalue weighted by Gasteiger charge is -2.28. The van der Waals surface area contributed by atoms with Gasteiger partial charge in [0.05, 0.1) is 6.04 Å². The number of unbranched alkanes of at least 4 members (excludes halogenated alkanes) is 1. The number of carbonyl (C=O) groups excluding carboxylic acids is 4. The van der Waals surface area contributed by atoms with Crippen LogP contribution in [-0.2, 0) is 30.4 Å². The molecular weight excluding hydrogens is 556 g/mol. The van der Waals surface area contributed by atoms with Gasteiger partial charge in [0.2, 0.25) is 23.6 Å². The summed E-state index contributed by atoms with van der Waals surface area (Å²) in [5, 5.41) is 29.7. The fourth-order valence-corrected chi connectivity index (χ4v) is 4.31. The van der Waals surface area contributed by atoms with E-state index in [0.717, 1.165) is 6.42 Å². The molecule has 0 fully saturated rings. The van der Waals surface area contributed by atoms with Crippen LogP contribution in [0.1, 0.15) is 72.3 Å². The summed E-state index contributed by atoms with van der Waals surface area (Å²) in [6.45, 7) is 9.21. The molecule has 13 heteroatoms. The van der Waals surface area contributed by atoms with Crippen LogP contribution in [0.2, 0.25) is 0 Å². The van der Waals surface area contributed by atoms with Gasteiger partial charge in [0.25, 0.3) is 0 Å². The molecule has 0 aliphatic heterocycles. The Labute approximate surface area is 253 Å². The van der Waals surface area contributed by atoms with Crippen LogP contribution in [0.5, 0.6) is 5.75 Å². The Kier molecular flexibility index (Phi) is 16.3. The van der Waals surface area contributed by atoms with Gasteiger partial charge >= 0.3 is 5.97 Å². The van der Waals surface area contributed by atoms with Gasteiger partial charge in [-0.3, -0.25) is 19.2 Å². The number of nitrogens with one attached hydrogen (secondary N) is 4. The Bertz CT molecular complexity index is 1070. The number of aliphatic carboxylic acids is 1. The highest BCUT2D eigenvalue weighted by molar-refractivity contribution is 5.95. The average Bonchev–Trinajstić information content (AvgIpc) is 2.95. The molecule has 0 aliphatic carbocycles. The molecule has 0 saturated heterocycles. The summed E-state index contributed by atoms with van der Waals surface area (Å²) in [7, 11) is 0. The zero-order chi connectivity index (χ0) is 32.7. The second-order valence-electron chi connectivity index (χ2n) is 11.5. The normalized spacial score (nSPS) is 15.3. The first kappa shape index (κ1) is 37.3. The first-order valence-electron chi connectivity index (χ1n) is 14.9. The van der Waals surface area contributed by atoms with Crippen molar-refractivity contribution in [3.8, 4) is 5.75 Å². The molecule has 10 N–H and O–H groups in total. The van der Waals surface area contributed by atoms with Crippen molar-refractivity contribution >= 4 is 29.6 Å². The van der Waals surface area contributed by atoms with Crippen LogP contribution in [0.3, 0.4) is 0 Å². The number of carboxylic acids is 1. The van der Waals surface area contributed by atoms with Gasteiger partial charge in [0.1, 0.15) is 29.9 Å². The maximum atomic E-state index is 13.6. The summed E-state index contributed by atoms with van der Waals surface area (Å²) in [5.74, 6) is -3.98. The third kappa shape index (κ3) is 13.4. The van der Waals surface area contributed by atoms with Crippen molar-refractivity contribution in [2.75, 3.05) is 6.54 Å². The van der Waals surface area contributed by atoms with Crippen LogP contribution < -0.4 is 32.7 Å². The Morgan fingerprint density at radius 3 is 1.95 bits per heavy atom. The molecule has 0 aliphatic rings. The van der Waals surface area contributed by atoms with E-state index in [0.29, 0.717) is 31.4 Å². The van der Waals surface area contributed by atoms with Crippen LogP contribution in [0.4, 0.5) is 0 Å². The van der Waals surface area contributed by atoms with E-state index in [2.05, 4.69) is 21.3 Å². The molecule has 0 aromatic heterocycles. The Balaban J connectivity index is 3.14. The van der Waals surface area contributed by atoms with Crippen LogP contribution in [0.15, 0.2) is 24.3 Å². The number of rotatable bonds is 19. The van der Waals surface area contributed by atoms with Gasteiger partial charge in [-0.05, 0) is 62.3 Å². The highest BCUT2D eigenvalue weighted by Gasteiger charge is 2.33. The lowest BCUT2D eigenvalue weighted by Crippen LogP contribution is -2.59. The molecule has 0 heterocycles. The maximum absolute atomic E-state index is 13.6. The molecule has 1 aromatic carbocycles. The number of phenols is 1. The highest BCUT2D eigenvalue weighted by atomic mass is 16.4. The van der Waals surface area contributed by atoms with E-state index in [9.17, 15) is 34.2 Å². The van der Waals surface area contributed by atoms with Crippen LogP contribution >= 0.6 is 0 Å². The van der Waals surface area contributed by atoms with Crippen molar-refractivity contribution in [2.24, 2.45) is 23.3 Å². The van der Waals surface area contributed by atoms with Gasteiger partial charge in [-0.25, -0.2) is 4.79 Å². The van der Waals surface area contributed by atoms with Crippen molar-refractivity contribution in [3.63, 3.8) is 0 Å². The van der Waals surface area contributed by atoms with E-state index in [1.807, 2.05) is 20.8 Å². The fraction of sp³-hybridized carbons (Fsp3) is 0.633. The summed E-state index contributed by atoms with van der Waals surface area (Å²) < 4.78 is 0. The smallest absolute Gasteiger partial charge is 0.326 e. The molecule has 1 rings (SSSR count). The summed E-state index contributed by atoms with van der Waals surface area (Å²) in [6.07, 6.45) is 2.51. The molecule has 43 heavy (non-hydrogen) atoms. The van der Waals surface area contributed by atoms with Crippen molar-refractivity contribution in [1.82, 2.24) is 21.3 Å². The fourth-order valence-electron chi connectivity index (χ4n) is 4.31. The van der Waals surface area contributed by atoms with Gasteiger partial charge in [-0.2, -0.15) is 0 Å². The van der Waals surface area contributed by atoms with Gasteiger partial charge in [-0.1, -0.05) is 52.7 Å². The van der Waals surface area contributed by atoms with Gasteiger partial charge in [0, 0.05) is 6.42 Å². The van der Waals surface area contributed by atoms with Crippen molar-refractivity contribution in [3.05, 3.63) is 29.8 Å². The number of phenolic OH excluding ortho intramolecular Hbond substituents is 1. The number of benzene rings is 1. The lowest BCUT2D eigenvalue weighted by molar-refractivity contribution is -0.143. The Morgan fingerprint density at radius 1 is 0.814 bits per heavy atom. The molecule has 6 atom stereocenters. The minimum absolute atomic E-state index is 0.00548. The molecule has 0 spiro atoms. The predicted octanol–water partition coefficient (Wildman–Crippen LogP) is 0.527. The summed E-state index contributed by atoms with van der Waals surface area (Å²) in [6, 6.07) is 0.852. The Morgan fingerprint density at radius 2 is 1.42 bits per heavy atom. The molecule has 0 radical (unpaired) electrons. The summed E-state index contributed by atoms with van der Waals surface area (Å²) in [5.41, 5.74) is 12.0. The second kappa shape index (κ2) is 18.7. The van der Waals surface area contributed by atoms with E-state index < -0.39 is 59.8 Å². The molecule has 0 bridgehead atoms.